The summed E-state index contributed by atoms with van der Waals surface area (Å²) >= 11 is 0. The third-order valence-corrected chi connectivity index (χ3v) is 10.6. The summed E-state index contributed by atoms with van der Waals surface area (Å²) in [5, 5.41) is 15.1. The zero-order valence-corrected chi connectivity index (χ0v) is 22.6. The number of aliphatic hydroxyl groups excluding tert-OH is 1. The first-order valence-electron chi connectivity index (χ1n) is 14.2. The largest absolute Gasteiger partial charge is 0.399 e. The SMILES string of the molecule is CCCC1O[C@@H]2CC3[C@@H]4CCC5=CC(=O)C=C[C@]5(C)C4[C@@H](O)C[C@]3(C)[C@]2(C(=O)CNc2ccc(N)cc2)O1. The number of ether oxygens (including phenoxy) is 2. The normalized spacial score (nSPS) is 43.1. The van der Waals surface area contributed by atoms with Gasteiger partial charge in [-0.2, -0.15) is 0 Å². The van der Waals surface area contributed by atoms with Crippen molar-refractivity contribution >= 4 is 22.9 Å². The number of nitrogens with two attached hydrogens (primary N) is 1. The maximum absolute atomic E-state index is 14.3. The standard InChI is InChI=1S/C31H40N2O5/c1-4-5-27-37-26-15-23-22-11-6-18-14-21(34)12-13-29(18,2)28(22)24(35)16-30(23,3)31(26,38-27)25(36)17-33-20-9-7-19(32)8-10-20/h7-10,12-14,22-24,26-28,33,35H,4-6,11,15-17,32H2,1-3H3/t22-,23?,24-,26+,27?,28?,29-,30-,31+/m0/s1. The van der Waals surface area contributed by atoms with Gasteiger partial charge >= 0.3 is 0 Å². The van der Waals surface area contributed by atoms with E-state index in [2.05, 4.69) is 26.1 Å². The van der Waals surface area contributed by atoms with Crippen LogP contribution >= 0.6 is 0 Å². The minimum absolute atomic E-state index is 0.00440. The number of carbonyl (C=O) groups excluding carboxylic acids is 2. The van der Waals surface area contributed by atoms with Crippen molar-refractivity contribution in [3.63, 3.8) is 0 Å². The molecule has 4 aliphatic carbocycles. The van der Waals surface area contributed by atoms with Crippen molar-refractivity contribution < 1.29 is 24.2 Å². The van der Waals surface area contributed by atoms with Gasteiger partial charge in [-0.1, -0.05) is 38.8 Å². The van der Waals surface area contributed by atoms with Crippen molar-refractivity contribution in [2.24, 2.45) is 28.6 Å². The Balaban J connectivity index is 1.34. The summed E-state index contributed by atoms with van der Waals surface area (Å²) in [5.41, 5.74) is 6.43. The van der Waals surface area contributed by atoms with Crippen LogP contribution in [-0.2, 0) is 19.1 Å². The van der Waals surface area contributed by atoms with Gasteiger partial charge in [-0.05, 0) is 80.4 Å². The number of anilines is 2. The summed E-state index contributed by atoms with van der Waals surface area (Å²) in [6, 6.07) is 7.36. The van der Waals surface area contributed by atoms with Gasteiger partial charge in [0.05, 0.1) is 18.8 Å². The number of rotatable bonds is 6. The van der Waals surface area contributed by atoms with Crippen LogP contribution in [0.4, 0.5) is 11.4 Å². The number of ketones is 2. The van der Waals surface area contributed by atoms with Crippen LogP contribution in [0.5, 0.6) is 0 Å². The van der Waals surface area contributed by atoms with Crippen LogP contribution in [0.25, 0.3) is 0 Å². The summed E-state index contributed by atoms with van der Waals surface area (Å²) < 4.78 is 13.2. The lowest BCUT2D eigenvalue weighted by atomic mass is 9.46. The van der Waals surface area contributed by atoms with Gasteiger partial charge < -0.3 is 25.6 Å². The van der Waals surface area contributed by atoms with Crippen molar-refractivity contribution in [2.45, 2.75) is 83.4 Å². The molecule has 9 atom stereocenters. The lowest BCUT2D eigenvalue weighted by Crippen LogP contribution is -2.63. The smallest absolute Gasteiger partial charge is 0.186 e. The first kappa shape index (κ1) is 25.8. The molecule has 0 amide bonds. The van der Waals surface area contributed by atoms with Crippen molar-refractivity contribution in [3.05, 3.63) is 48.1 Å². The number of carbonyl (C=O) groups is 2. The second kappa shape index (κ2) is 9.04. The average molecular weight is 521 g/mol. The molecule has 4 fully saturated rings. The first-order valence-corrected chi connectivity index (χ1v) is 14.2. The fourth-order valence-electron chi connectivity index (χ4n) is 8.92. The Hall–Kier alpha value is -2.48. The van der Waals surface area contributed by atoms with E-state index in [1.807, 2.05) is 30.3 Å². The van der Waals surface area contributed by atoms with Crippen LogP contribution in [0.15, 0.2) is 48.1 Å². The van der Waals surface area contributed by atoms with Crippen LogP contribution in [0, 0.1) is 28.6 Å². The molecule has 1 heterocycles. The van der Waals surface area contributed by atoms with E-state index >= 15 is 0 Å². The monoisotopic (exact) mass is 520 g/mol. The molecule has 204 valence electrons. The summed E-state index contributed by atoms with van der Waals surface area (Å²) in [6.45, 7) is 6.53. The van der Waals surface area contributed by atoms with Gasteiger partial charge in [0.1, 0.15) is 0 Å². The van der Waals surface area contributed by atoms with E-state index in [0.717, 1.165) is 43.4 Å². The van der Waals surface area contributed by atoms with E-state index in [0.29, 0.717) is 12.1 Å². The summed E-state index contributed by atoms with van der Waals surface area (Å²) in [5.74, 6) is 0.396. The maximum atomic E-state index is 14.3. The van der Waals surface area contributed by atoms with E-state index in [1.54, 1.807) is 12.2 Å². The molecule has 1 saturated heterocycles. The molecule has 7 heteroatoms. The molecule has 1 aromatic carbocycles. The van der Waals surface area contributed by atoms with Gasteiger partial charge in [-0.25, -0.2) is 0 Å². The zero-order chi connectivity index (χ0) is 26.9. The highest BCUT2D eigenvalue weighted by Gasteiger charge is 2.75. The highest BCUT2D eigenvalue weighted by atomic mass is 16.7. The van der Waals surface area contributed by atoms with Gasteiger partial charge in [0.15, 0.2) is 23.5 Å². The molecule has 0 aromatic heterocycles. The molecule has 0 radical (unpaired) electrons. The van der Waals surface area contributed by atoms with E-state index in [1.165, 1.54) is 0 Å². The third-order valence-electron chi connectivity index (χ3n) is 10.6. The fraction of sp³-hybridized carbons (Fsp3) is 0.613. The zero-order valence-electron chi connectivity index (χ0n) is 22.6. The summed E-state index contributed by atoms with van der Waals surface area (Å²) in [6.07, 6.45) is 8.65. The minimum Gasteiger partial charge on any atom is -0.399 e. The topological polar surface area (TPSA) is 111 Å². The van der Waals surface area contributed by atoms with Gasteiger partial charge in [0.2, 0.25) is 0 Å². The fourth-order valence-corrected chi connectivity index (χ4v) is 8.92. The Morgan fingerprint density at radius 3 is 2.74 bits per heavy atom. The Labute approximate surface area is 224 Å². The average Bonchev–Trinajstić information content (AvgIpc) is 3.36. The predicted molar refractivity (Wildman–Crippen MR) is 145 cm³/mol. The molecule has 3 unspecified atom stereocenters. The molecule has 1 aromatic rings. The number of hydrogen-bond acceptors (Lipinski definition) is 7. The van der Waals surface area contributed by atoms with Crippen LogP contribution < -0.4 is 11.1 Å². The number of benzene rings is 1. The number of nitrogens with one attached hydrogen (secondary N) is 1. The van der Waals surface area contributed by atoms with Crippen LogP contribution in [-0.4, -0.2) is 47.3 Å². The molecular formula is C31H40N2O5. The molecule has 38 heavy (non-hydrogen) atoms. The lowest BCUT2D eigenvalue weighted by molar-refractivity contribution is -0.198. The minimum atomic E-state index is -1.11. The Kier molecular flexibility index (Phi) is 6.13. The van der Waals surface area contributed by atoms with Crippen molar-refractivity contribution in [2.75, 3.05) is 17.6 Å². The second-order valence-corrected chi connectivity index (χ2v) is 12.5. The number of allylic oxidation sites excluding steroid dienone is 4. The quantitative estimate of drug-likeness (QED) is 0.476. The molecule has 0 bridgehead atoms. The van der Waals surface area contributed by atoms with Crippen LogP contribution in [0.2, 0.25) is 0 Å². The van der Waals surface area contributed by atoms with Gasteiger partial charge in [-0.15, -0.1) is 0 Å². The van der Waals surface area contributed by atoms with Crippen LogP contribution in [0.1, 0.15) is 59.3 Å². The van der Waals surface area contributed by atoms with E-state index in [4.69, 9.17) is 15.2 Å². The highest BCUT2D eigenvalue weighted by molar-refractivity contribution is 6.01. The Morgan fingerprint density at radius 1 is 1.24 bits per heavy atom. The van der Waals surface area contributed by atoms with Gasteiger partial charge in [0, 0.05) is 28.1 Å². The van der Waals surface area contributed by atoms with Gasteiger partial charge in [0.25, 0.3) is 0 Å². The molecule has 4 N–H and O–H groups in total. The molecule has 3 saturated carbocycles. The number of Topliss-reactive ketones (excluding diaryl/α,β-unsaturated/α-hetero) is 1. The molecule has 1 aliphatic heterocycles. The Morgan fingerprint density at radius 2 is 2.00 bits per heavy atom. The third kappa shape index (κ3) is 3.58. The first-order chi connectivity index (χ1) is 18.1. The molecule has 7 nitrogen and oxygen atoms in total. The van der Waals surface area contributed by atoms with Crippen molar-refractivity contribution in [3.8, 4) is 0 Å². The molecule has 5 aliphatic rings. The Bertz CT molecular complexity index is 1190. The van der Waals surface area contributed by atoms with Crippen molar-refractivity contribution in [1.29, 1.82) is 0 Å². The van der Waals surface area contributed by atoms with Gasteiger partial charge in [-0.3, -0.25) is 9.59 Å². The number of fused-ring (bicyclic) bond motifs is 7. The maximum Gasteiger partial charge on any atom is 0.186 e. The van der Waals surface area contributed by atoms with E-state index in [-0.39, 0.29) is 47.4 Å². The van der Waals surface area contributed by atoms with E-state index in [9.17, 15) is 14.7 Å². The lowest BCUT2D eigenvalue weighted by Gasteiger charge is -2.59. The van der Waals surface area contributed by atoms with Crippen LogP contribution in [0.3, 0.4) is 0 Å². The summed E-state index contributed by atoms with van der Waals surface area (Å²) in [4.78, 5) is 26.4. The summed E-state index contributed by atoms with van der Waals surface area (Å²) in [7, 11) is 0. The molecule has 6 rings (SSSR count). The molecule has 0 spiro atoms. The molecular weight excluding hydrogens is 480 g/mol. The number of hydrogen-bond donors (Lipinski definition) is 3. The highest BCUT2D eigenvalue weighted by Crippen LogP contribution is 2.69. The number of nitrogen functional groups attached to an aromatic ring is 1. The predicted octanol–water partition coefficient (Wildman–Crippen LogP) is 4.42. The van der Waals surface area contributed by atoms with Crippen molar-refractivity contribution in [1.82, 2.24) is 0 Å². The second-order valence-electron chi connectivity index (χ2n) is 12.5. The van der Waals surface area contributed by atoms with E-state index < -0.39 is 23.4 Å². The number of aliphatic hydroxyl groups is 1.